The van der Waals surface area contributed by atoms with E-state index in [4.69, 9.17) is 16.3 Å². The summed E-state index contributed by atoms with van der Waals surface area (Å²) in [6.45, 7) is 2.10. The highest BCUT2D eigenvalue weighted by molar-refractivity contribution is 6.30. The topological polar surface area (TPSA) is 55.4 Å². The Labute approximate surface area is 140 Å². The van der Waals surface area contributed by atoms with Crippen LogP contribution in [0.5, 0.6) is 0 Å². The van der Waals surface area contributed by atoms with E-state index in [1.54, 1.807) is 25.1 Å². The lowest BCUT2D eigenvalue weighted by Crippen LogP contribution is -2.15. The van der Waals surface area contributed by atoms with Crippen molar-refractivity contribution in [1.82, 2.24) is 0 Å². The SMILES string of the molecule is CCOC(=O)CCc1cc(Cl)ccc1C(=O)Nc1ccccc1. The molecule has 0 fully saturated rings. The first-order valence-corrected chi connectivity index (χ1v) is 7.78. The Hall–Kier alpha value is -2.33. The maximum atomic E-state index is 12.4. The van der Waals surface area contributed by atoms with E-state index in [1.165, 1.54) is 0 Å². The second kappa shape index (κ2) is 8.34. The highest BCUT2D eigenvalue weighted by Gasteiger charge is 2.14. The maximum absolute atomic E-state index is 12.4. The van der Waals surface area contributed by atoms with Crippen LogP contribution in [0.1, 0.15) is 29.3 Å². The lowest BCUT2D eigenvalue weighted by Gasteiger charge is -2.11. The number of hydrogen-bond acceptors (Lipinski definition) is 3. The molecule has 2 aromatic carbocycles. The van der Waals surface area contributed by atoms with Gasteiger partial charge in [-0.1, -0.05) is 29.8 Å². The number of carbonyl (C=O) groups is 2. The first-order chi connectivity index (χ1) is 11.1. The summed E-state index contributed by atoms with van der Waals surface area (Å²) in [7, 11) is 0. The fourth-order valence-electron chi connectivity index (χ4n) is 2.18. The zero-order valence-electron chi connectivity index (χ0n) is 12.8. The number of halogens is 1. The molecule has 1 amide bonds. The third-order valence-electron chi connectivity index (χ3n) is 3.25. The van der Waals surface area contributed by atoms with Gasteiger partial charge in [0.15, 0.2) is 0 Å². The number of rotatable bonds is 6. The quantitative estimate of drug-likeness (QED) is 0.811. The van der Waals surface area contributed by atoms with Crippen LogP contribution in [0.3, 0.4) is 0 Å². The number of hydrogen-bond donors (Lipinski definition) is 1. The van der Waals surface area contributed by atoms with Crippen molar-refractivity contribution in [2.24, 2.45) is 0 Å². The summed E-state index contributed by atoms with van der Waals surface area (Å²) < 4.78 is 4.92. The van der Waals surface area contributed by atoms with Crippen molar-refractivity contribution in [3.8, 4) is 0 Å². The van der Waals surface area contributed by atoms with Crippen LogP contribution < -0.4 is 5.32 Å². The van der Waals surface area contributed by atoms with E-state index < -0.39 is 0 Å². The zero-order chi connectivity index (χ0) is 16.7. The van der Waals surface area contributed by atoms with Gasteiger partial charge in [0.25, 0.3) is 5.91 Å². The van der Waals surface area contributed by atoms with Gasteiger partial charge in [-0.3, -0.25) is 9.59 Å². The number of benzene rings is 2. The molecule has 0 spiro atoms. The standard InChI is InChI=1S/C18H18ClNO3/c1-2-23-17(21)11-8-13-12-14(19)9-10-16(13)18(22)20-15-6-4-3-5-7-15/h3-7,9-10,12H,2,8,11H2,1H3,(H,20,22). The Balaban J connectivity index is 2.14. The fourth-order valence-corrected chi connectivity index (χ4v) is 2.38. The lowest BCUT2D eigenvalue weighted by atomic mass is 10.0. The number of carbonyl (C=O) groups excluding carboxylic acids is 2. The van der Waals surface area contributed by atoms with Gasteiger partial charge in [-0.05, 0) is 49.2 Å². The highest BCUT2D eigenvalue weighted by Crippen LogP contribution is 2.19. The van der Waals surface area contributed by atoms with E-state index in [1.807, 2.05) is 30.3 Å². The molecule has 0 bridgehead atoms. The number of nitrogens with one attached hydrogen (secondary N) is 1. The van der Waals surface area contributed by atoms with Crippen LogP contribution in [-0.2, 0) is 16.0 Å². The van der Waals surface area contributed by atoms with E-state index in [0.29, 0.717) is 29.3 Å². The molecule has 1 N–H and O–H groups in total. The molecule has 0 aromatic heterocycles. The molecule has 0 saturated heterocycles. The summed E-state index contributed by atoms with van der Waals surface area (Å²) in [4.78, 5) is 24.0. The Morgan fingerprint density at radius 2 is 1.87 bits per heavy atom. The average molecular weight is 332 g/mol. The van der Waals surface area contributed by atoms with Crippen molar-refractivity contribution in [3.05, 3.63) is 64.7 Å². The third kappa shape index (κ3) is 5.11. The van der Waals surface area contributed by atoms with Crippen LogP contribution >= 0.6 is 11.6 Å². The van der Waals surface area contributed by atoms with Crippen molar-refractivity contribution in [3.63, 3.8) is 0 Å². The summed E-state index contributed by atoms with van der Waals surface area (Å²) in [5.41, 5.74) is 1.94. The minimum Gasteiger partial charge on any atom is -0.466 e. The number of ether oxygens (including phenoxy) is 1. The van der Waals surface area contributed by atoms with Gasteiger partial charge in [0.2, 0.25) is 0 Å². The molecular weight excluding hydrogens is 314 g/mol. The largest absolute Gasteiger partial charge is 0.466 e. The third-order valence-corrected chi connectivity index (χ3v) is 3.48. The van der Waals surface area contributed by atoms with Gasteiger partial charge in [-0.25, -0.2) is 0 Å². The molecule has 4 nitrogen and oxygen atoms in total. The van der Waals surface area contributed by atoms with Gasteiger partial charge >= 0.3 is 5.97 Å². The Kier molecular flexibility index (Phi) is 6.18. The molecule has 23 heavy (non-hydrogen) atoms. The summed E-state index contributed by atoms with van der Waals surface area (Å²) in [6, 6.07) is 14.2. The van der Waals surface area contributed by atoms with Crippen molar-refractivity contribution in [1.29, 1.82) is 0 Å². The first-order valence-electron chi connectivity index (χ1n) is 7.40. The van der Waals surface area contributed by atoms with E-state index >= 15 is 0 Å². The monoisotopic (exact) mass is 331 g/mol. The minimum absolute atomic E-state index is 0.208. The van der Waals surface area contributed by atoms with Crippen molar-refractivity contribution < 1.29 is 14.3 Å². The maximum Gasteiger partial charge on any atom is 0.306 e. The zero-order valence-corrected chi connectivity index (χ0v) is 13.6. The predicted molar refractivity (Wildman–Crippen MR) is 90.8 cm³/mol. The second-order valence-corrected chi connectivity index (χ2v) is 5.36. The normalized spacial score (nSPS) is 10.2. The van der Waals surface area contributed by atoms with Gasteiger partial charge < -0.3 is 10.1 Å². The van der Waals surface area contributed by atoms with E-state index in [0.717, 1.165) is 5.56 Å². The van der Waals surface area contributed by atoms with Crippen molar-refractivity contribution in [2.45, 2.75) is 19.8 Å². The van der Waals surface area contributed by atoms with Crippen LogP contribution in [0, 0.1) is 0 Å². The molecule has 120 valence electrons. The molecule has 2 rings (SSSR count). The van der Waals surface area contributed by atoms with Gasteiger partial charge in [0.1, 0.15) is 0 Å². The minimum atomic E-state index is -0.290. The molecule has 0 atom stereocenters. The van der Waals surface area contributed by atoms with Gasteiger partial charge in [0, 0.05) is 22.7 Å². The molecule has 5 heteroatoms. The molecule has 0 aliphatic rings. The molecular formula is C18H18ClNO3. The van der Waals surface area contributed by atoms with Crippen molar-refractivity contribution in [2.75, 3.05) is 11.9 Å². The van der Waals surface area contributed by atoms with Crippen LogP contribution in [-0.4, -0.2) is 18.5 Å². The van der Waals surface area contributed by atoms with Crippen LogP contribution in [0.25, 0.3) is 0 Å². The molecule has 2 aromatic rings. The molecule has 0 heterocycles. The van der Waals surface area contributed by atoms with Crippen LogP contribution in [0.4, 0.5) is 5.69 Å². The number of esters is 1. The lowest BCUT2D eigenvalue weighted by molar-refractivity contribution is -0.143. The molecule has 0 aliphatic carbocycles. The van der Waals surface area contributed by atoms with E-state index in [2.05, 4.69) is 5.32 Å². The van der Waals surface area contributed by atoms with E-state index in [9.17, 15) is 9.59 Å². The molecule has 0 aliphatic heterocycles. The van der Waals surface area contributed by atoms with Gasteiger partial charge in [-0.15, -0.1) is 0 Å². The number of aryl methyl sites for hydroxylation is 1. The summed E-state index contributed by atoms with van der Waals surface area (Å²) in [5.74, 6) is -0.520. The number of anilines is 1. The summed E-state index contributed by atoms with van der Waals surface area (Å²) in [5, 5.41) is 3.36. The summed E-state index contributed by atoms with van der Waals surface area (Å²) >= 11 is 6.01. The van der Waals surface area contributed by atoms with Crippen molar-refractivity contribution >= 4 is 29.2 Å². The fraction of sp³-hybridized carbons (Fsp3) is 0.222. The first kappa shape index (κ1) is 17.0. The van der Waals surface area contributed by atoms with Crippen LogP contribution in [0.15, 0.2) is 48.5 Å². The summed E-state index contributed by atoms with van der Waals surface area (Å²) in [6.07, 6.45) is 0.608. The predicted octanol–water partition coefficient (Wildman–Crippen LogP) is 4.09. The molecule has 0 saturated carbocycles. The average Bonchev–Trinajstić information content (AvgIpc) is 2.54. The van der Waals surface area contributed by atoms with Gasteiger partial charge in [-0.2, -0.15) is 0 Å². The van der Waals surface area contributed by atoms with Crippen LogP contribution in [0.2, 0.25) is 5.02 Å². The van der Waals surface area contributed by atoms with E-state index in [-0.39, 0.29) is 18.3 Å². The molecule has 0 unspecified atom stereocenters. The Bertz CT molecular complexity index is 686. The smallest absolute Gasteiger partial charge is 0.306 e. The number of para-hydroxylation sites is 1. The Morgan fingerprint density at radius 3 is 2.57 bits per heavy atom. The highest BCUT2D eigenvalue weighted by atomic mass is 35.5. The van der Waals surface area contributed by atoms with Gasteiger partial charge in [0.05, 0.1) is 6.61 Å². The Morgan fingerprint density at radius 1 is 1.13 bits per heavy atom. The molecule has 0 radical (unpaired) electrons. The second-order valence-electron chi connectivity index (χ2n) is 4.93. The number of amides is 1.